The fraction of sp³-hybridized carbons (Fsp3) is 0.333. The number of carbonyl (C=O) groups is 2. The Hall–Kier alpha value is -1.93. The lowest BCUT2D eigenvalue weighted by atomic mass is 10.3. The van der Waals surface area contributed by atoms with Crippen LogP contribution in [0.25, 0.3) is 0 Å². The van der Waals surface area contributed by atoms with Crippen molar-refractivity contribution in [1.82, 2.24) is 14.9 Å². The Bertz CT molecular complexity index is 600. The van der Waals surface area contributed by atoms with E-state index in [4.69, 9.17) is 0 Å². The van der Waals surface area contributed by atoms with Crippen LogP contribution in [0.5, 0.6) is 0 Å². The van der Waals surface area contributed by atoms with E-state index in [1.165, 1.54) is 17.0 Å². The van der Waals surface area contributed by atoms with Crippen LogP contribution in [0.1, 0.15) is 0 Å². The second-order valence-corrected chi connectivity index (χ2v) is 6.07. The number of benzene rings is 1. The molecule has 1 aromatic carbocycles. The number of hydrogen-bond acceptors (Lipinski definition) is 4. The summed E-state index contributed by atoms with van der Waals surface area (Å²) in [4.78, 5) is 24.4. The number of piperazine rings is 1. The Balaban J connectivity index is 1.95. The molecule has 8 heteroatoms. The summed E-state index contributed by atoms with van der Waals surface area (Å²) in [5, 5.41) is 2.59. The van der Waals surface area contributed by atoms with Crippen LogP contribution in [0.4, 0.5) is 0 Å². The number of amides is 2. The molecule has 1 heterocycles. The number of rotatable bonds is 4. The van der Waals surface area contributed by atoms with E-state index in [0.29, 0.717) is 13.1 Å². The maximum Gasteiger partial charge on any atom is 0.241 e. The molecule has 0 aliphatic carbocycles. The van der Waals surface area contributed by atoms with Gasteiger partial charge in [0.1, 0.15) is 0 Å². The summed E-state index contributed by atoms with van der Waals surface area (Å²) in [6.45, 7) is 0.379. The van der Waals surface area contributed by atoms with Crippen LogP contribution in [0.3, 0.4) is 0 Å². The van der Waals surface area contributed by atoms with E-state index in [9.17, 15) is 18.0 Å². The maximum atomic E-state index is 11.9. The van der Waals surface area contributed by atoms with E-state index < -0.39 is 15.9 Å². The highest BCUT2D eigenvalue weighted by Gasteiger charge is 2.22. The van der Waals surface area contributed by atoms with Gasteiger partial charge in [-0.25, -0.2) is 13.1 Å². The van der Waals surface area contributed by atoms with E-state index >= 15 is 0 Å². The van der Waals surface area contributed by atoms with Crippen molar-refractivity contribution in [2.45, 2.75) is 4.90 Å². The van der Waals surface area contributed by atoms with Gasteiger partial charge >= 0.3 is 0 Å². The zero-order valence-corrected chi connectivity index (χ0v) is 11.5. The molecule has 7 nitrogen and oxygen atoms in total. The fourth-order valence-electron chi connectivity index (χ4n) is 1.80. The third-order valence-electron chi connectivity index (χ3n) is 2.86. The molecule has 0 atom stereocenters. The predicted octanol–water partition coefficient (Wildman–Crippen LogP) is -1.08. The molecule has 0 saturated carbocycles. The fourth-order valence-corrected chi connectivity index (χ4v) is 2.80. The van der Waals surface area contributed by atoms with Crippen LogP contribution in [-0.4, -0.2) is 51.3 Å². The molecule has 1 aromatic rings. The van der Waals surface area contributed by atoms with Gasteiger partial charge in [0.2, 0.25) is 21.8 Å². The van der Waals surface area contributed by atoms with Gasteiger partial charge in [0.25, 0.3) is 0 Å². The summed E-state index contributed by atoms with van der Waals surface area (Å²) in [6.07, 6.45) is 0. The molecule has 1 saturated heterocycles. The lowest BCUT2D eigenvalue weighted by Crippen LogP contribution is -2.52. The molecule has 0 radical (unpaired) electrons. The van der Waals surface area contributed by atoms with Crippen LogP contribution in [0.2, 0.25) is 0 Å². The van der Waals surface area contributed by atoms with Crippen LogP contribution in [0.15, 0.2) is 35.2 Å². The quantitative estimate of drug-likeness (QED) is 0.739. The molecule has 1 fully saturated rings. The summed E-state index contributed by atoms with van der Waals surface area (Å²) in [5.41, 5.74) is 0. The molecule has 2 N–H and O–H groups in total. The molecule has 1 aliphatic rings. The van der Waals surface area contributed by atoms with Crippen LogP contribution in [0, 0.1) is 0 Å². The van der Waals surface area contributed by atoms with Crippen LogP contribution < -0.4 is 10.0 Å². The highest BCUT2D eigenvalue weighted by molar-refractivity contribution is 7.89. The van der Waals surface area contributed by atoms with E-state index in [1.807, 2.05) is 0 Å². The Morgan fingerprint density at radius 1 is 1.30 bits per heavy atom. The van der Waals surface area contributed by atoms with Gasteiger partial charge in [0.15, 0.2) is 0 Å². The molecule has 108 valence electrons. The Kier molecular flexibility index (Phi) is 4.35. The zero-order chi connectivity index (χ0) is 14.6. The van der Waals surface area contributed by atoms with Crippen molar-refractivity contribution in [1.29, 1.82) is 0 Å². The van der Waals surface area contributed by atoms with Crippen molar-refractivity contribution in [3.63, 3.8) is 0 Å². The largest absolute Gasteiger partial charge is 0.353 e. The second-order valence-electron chi connectivity index (χ2n) is 4.30. The minimum atomic E-state index is -3.71. The van der Waals surface area contributed by atoms with E-state index in [-0.39, 0.29) is 23.9 Å². The third-order valence-corrected chi connectivity index (χ3v) is 4.28. The van der Waals surface area contributed by atoms with Crippen molar-refractivity contribution in [3.05, 3.63) is 30.3 Å². The van der Waals surface area contributed by atoms with E-state index in [0.717, 1.165) is 0 Å². The van der Waals surface area contributed by atoms with Crippen LogP contribution in [-0.2, 0) is 19.6 Å². The monoisotopic (exact) mass is 297 g/mol. The van der Waals surface area contributed by atoms with Gasteiger partial charge < -0.3 is 10.2 Å². The predicted molar refractivity (Wildman–Crippen MR) is 71.2 cm³/mol. The van der Waals surface area contributed by atoms with E-state index in [2.05, 4.69) is 10.0 Å². The Labute approximate surface area is 117 Å². The standard InChI is InChI=1S/C12H15N3O4S/c16-11-9-15(7-6-13-11)12(17)8-14-20(18,19)10-4-2-1-3-5-10/h1-5,14H,6-9H2,(H,13,16). The third kappa shape index (κ3) is 3.55. The van der Waals surface area contributed by atoms with Crippen molar-refractivity contribution >= 4 is 21.8 Å². The summed E-state index contributed by atoms with van der Waals surface area (Å²) in [7, 11) is -3.71. The van der Waals surface area contributed by atoms with Crippen molar-refractivity contribution in [2.24, 2.45) is 0 Å². The normalized spacial score (nSPS) is 15.8. The summed E-state index contributed by atoms with van der Waals surface area (Å²) >= 11 is 0. The molecular formula is C12H15N3O4S. The van der Waals surface area contributed by atoms with Gasteiger partial charge in [-0.3, -0.25) is 9.59 Å². The Morgan fingerprint density at radius 2 is 2.00 bits per heavy atom. The first kappa shape index (κ1) is 14.5. The molecule has 2 rings (SSSR count). The topological polar surface area (TPSA) is 95.6 Å². The number of nitrogens with one attached hydrogen (secondary N) is 2. The van der Waals surface area contributed by atoms with Gasteiger partial charge in [-0.2, -0.15) is 0 Å². The van der Waals surface area contributed by atoms with Gasteiger partial charge in [0, 0.05) is 13.1 Å². The van der Waals surface area contributed by atoms with Crippen molar-refractivity contribution < 1.29 is 18.0 Å². The summed E-state index contributed by atoms with van der Waals surface area (Å²) in [6, 6.07) is 7.80. The van der Waals surface area contributed by atoms with Gasteiger partial charge in [-0.1, -0.05) is 18.2 Å². The zero-order valence-electron chi connectivity index (χ0n) is 10.7. The van der Waals surface area contributed by atoms with Crippen molar-refractivity contribution in [2.75, 3.05) is 26.2 Å². The molecule has 0 aromatic heterocycles. The molecule has 0 unspecified atom stereocenters. The molecule has 0 spiro atoms. The minimum absolute atomic E-state index is 0.0358. The lowest BCUT2D eigenvalue weighted by molar-refractivity contribution is -0.137. The number of hydrogen-bond donors (Lipinski definition) is 2. The average Bonchev–Trinajstić information content (AvgIpc) is 2.46. The number of sulfonamides is 1. The first-order chi connectivity index (χ1) is 9.49. The molecule has 20 heavy (non-hydrogen) atoms. The van der Waals surface area contributed by atoms with E-state index in [1.54, 1.807) is 18.2 Å². The average molecular weight is 297 g/mol. The highest BCUT2D eigenvalue weighted by atomic mass is 32.2. The SMILES string of the molecule is O=C1CN(C(=O)CNS(=O)(=O)c2ccccc2)CCN1. The molecule has 1 aliphatic heterocycles. The first-order valence-corrected chi connectivity index (χ1v) is 7.56. The number of carbonyl (C=O) groups excluding carboxylic acids is 2. The first-order valence-electron chi connectivity index (χ1n) is 6.08. The maximum absolute atomic E-state index is 11.9. The smallest absolute Gasteiger partial charge is 0.241 e. The molecule has 0 bridgehead atoms. The minimum Gasteiger partial charge on any atom is -0.353 e. The van der Waals surface area contributed by atoms with Gasteiger partial charge in [0.05, 0.1) is 18.0 Å². The highest BCUT2D eigenvalue weighted by Crippen LogP contribution is 2.06. The Morgan fingerprint density at radius 3 is 2.65 bits per heavy atom. The molecule has 2 amide bonds. The summed E-state index contributed by atoms with van der Waals surface area (Å²) in [5.74, 6) is -0.658. The van der Waals surface area contributed by atoms with Crippen LogP contribution >= 0.6 is 0 Å². The molecular weight excluding hydrogens is 282 g/mol. The summed E-state index contributed by atoms with van der Waals surface area (Å²) < 4.78 is 26.1. The lowest BCUT2D eigenvalue weighted by Gasteiger charge is -2.26. The second kappa shape index (κ2) is 6.02. The van der Waals surface area contributed by atoms with Gasteiger partial charge in [-0.05, 0) is 12.1 Å². The van der Waals surface area contributed by atoms with Crippen molar-refractivity contribution in [3.8, 4) is 0 Å². The number of nitrogens with zero attached hydrogens (tertiary/aromatic N) is 1. The van der Waals surface area contributed by atoms with Gasteiger partial charge in [-0.15, -0.1) is 0 Å².